The van der Waals surface area contributed by atoms with Gasteiger partial charge >= 0.3 is 6.18 Å². The highest BCUT2D eigenvalue weighted by molar-refractivity contribution is 5.81. The fourth-order valence-electron chi connectivity index (χ4n) is 4.73. The van der Waals surface area contributed by atoms with E-state index >= 15 is 0 Å². The van der Waals surface area contributed by atoms with Crippen molar-refractivity contribution in [3.05, 3.63) is 83.5 Å². The highest BCUT2D eigenvalue weighted by Gasteiger charge is 2.35. The molecule has 1 aliphatic rings. The summed E-state index contributed by atoms with van der Waals surface area (Å²) in [7, 11) is 3.84. The molecular formula is C29H34F3N5. The number of hydrogen-bond donors (Lipinski definition) is 2. The maximum absolute atomic E-state index is 13.6. The first-order valence-corrected chi connectivity index (χ1v) is 12.7. The van der Waals surface area contributed by atoms with Crippen molar-refractivity contribution in [3.8, 4) is 11.3 Å². The van der Waals surface area contributed by atoms with Crippen molar-refractivity contribution >= 4 is 11.4 Å². The number of alkyl halides is 3. The van der Waals surface area contributed by atoms with E-state index in [0.29, 0.717) is 23.5 Å². The van der Waals surface area contributed by atoms with Crippen molar-refractivity contribution < 1.29 is 13.2 Å². The lowest BCUT2D eigenvalue weighted by atomic mass is 9.86. The van der Waals surface area contributed by atoms with Gasteiger partial charge in [0.2, 0.25) is 0 Å². The number of benzene rings is 1. The molecule has 8 heteroatoms. The Bertz CT molecular complexity index is 1270. The Morgan fingerprint density at radius 3 is 2.62 bits per heavy atom. The number of pyridine rings is 1. The number of aromatic nitrogens is 3. The van der Waals surface area contributed by atoms with E-state index in [4.69, 9.17) is 4.98 Å². The van der Waals surface area contributed by atoms with Crippen LogP contribution in [0.25, 0.3) is 16.8 Å². The molecule has 0 fully saturated rings. The highest BCUT2D eigenvalue weighted by atomic mass is 19.4. The van der Waals surface area contributed by atoms with Crippen LogP contribution >= 0.6 is 0 Å². The van der Waals surface area contributed by atoms with Crippen molar-refractivity contribution in [2.24, 2.45) is 13.0 Å². The van der Waals surface area contributed by atoms with Crippen molar-refractivity contribution in [2.45, 2.75) is 45.3 Å². The first-order chi connectivity index (χ1) is 17.7. The summed E-state index contributed by atoms with van der Waals surface area (Å²) in [4.78, 5) is 9.43. The van der Waals surface area contributed by atoms with Crippen LogP contribution in [0, 0.1) is 5.92 Å². The second-order valence-electron chi connectivity index (χ2n) is 9.59. The summed E-state index contributed by atoms with van der Waals surface area (Å²) >= 11 is 0. The van der Waals surface area contributed by atoms with Crippen LogP contribution < -0.4 is 10.6 Å². The molecular weight excluding hydrogens is 475 g/mol. The standard InChI is InChI=1S/C29H34F3N5/c1-19-12-13-23(29(30,31)32)18-24(19)27-28(37(4)26(36-27)11-8-15-33-3)22-14-16-34-25(17-22)35-20(2)21-9-6-5-7-10-21/h5-7,9-10,13-14,16-20,33H,8,11-12,15H2,1-4H3,(H,34,35)/t19?,20-/m0/s1. The van der Waals surface area contributed by atoms with E-state index in [0.717, 1.165) is 42.0 Å². The normalized spacial score (nSPS) is 16.8. The lowest BCUT2D eigenvalue weighted by Gasteiger charge is -2.22. The quantitative estimate of drug-likeness (QED) is 0.315. The van der Waals surface area contributed by atoms with E-state index in [1.165, 1.54) is 12.2 Å². The minimum absolute atomic E-state index is 0.0348. The number of imidazole rings is 1. The summed E-state index contributed by atoms with van der Waals surface area (Å²) in [6.07, 6.45) is 1.81. The lowest BCUT2D eigenvalue weighted by molar-refractivity contribution is -0.0886. The molecule has 37 heavy (non-hydrogen) atoms. The van der Waals surface area contributed by atoms with Crippen LogP contribution in [0.15, 0.2) is 66.4 Å². The van der Waals surface area contributed by atoms with Crippen LogP contribution in [-0.2, 0) is 13.5 Å². The van der Waals surface area contributed by atoms with Crippen molar-refractivity contribution in [1.82, 2.24) is 19.9 Å². The van der Waals surface area contributed by atoms with E-state index in [9.17, 15) is 13.2 Å². The Morgan fingerprint density at radius 1 is 1.16 bits per heavy atom. The van der Waals surface area contributed by atoms with Gasteiger partial charge in [-0.15, -0.1) is 0 Å². The van der Waals surface area contributed by atoms with Crippen molar-refractivity contribution in [3.63, 3.8) is 0 Å². The van der Waals surface area contributed by atoms with Gasteiger partial charge < -0.3 is 15.2 Å². The van der Waals surface area contributed by atoms with Gasteiger partial charge in [-0.1, -0.05) is 43.3 Å². The lowest BCUT2D eigenvalue weighted by Crippen LogP contribution is -2.15. The second-order valence-corrected chi connectivity index (χ2v) is 9.59. The first-order valence-electron chi connectivity index (χ1n) is 12.7. The first kappa shape index (κ1) is 26.7. The average Bonchev–Trinajstić information content (AvgIpc) is 3.20. The molecule has 1 unspecified atom stereocenters. The SMILES string of the molecule is CNCCCc1nc(C2=CC(C(F)(F)F)=CCC2C)c(-c2ccnc(N[C@@H](C)c3ccccc3)c2)n1C. The maximum atomic E-state index is 13.6. The molecule has 0 radical (unpaired) electrons. The monoisotopic (exact) mass is 509 g/mol. The molecule has 2 N–H and O–H groups in total. The van der Waals surface area contributed by atoms with Crippen LogP contribution in [0.5, 0.6) is 0 Å². The summed E-state index contributed by atoms with van der Waals surface area (Å²) in [6, 6.07) is 14.0. The fourth-order valence-corrected chi connectivity index (χ4v) is 4.73. The zero-order valence-electron chi connectivity index (χ0n) is 21.7. The number of halogens is 3. The molecule has 1 aromatic carbocycles. The van der Waals surface area contributed by atoms with E-state index in [1.807, 2.05) is 55.9 Å². The summed E-state index contributed by atoms with van der Waals surface area (Å²) in [5.41, 5.74) is 3.41. The number of allylic oxidation sites excluding steroid dienone is 4. The number of nitrogens with zero attached hydrogens (tertiary/aromatic N) is 3. The van der Waals surface area contributed by atoms with Gasteiger partial charge in [0, 0.05) is 31.3 Å². The zero-order chi connectivity index (χ0) is 26.6. The Balaban J connectivity index is 1.76. The molecule has 4 rings (SSSR count). The molecule has 5 nitrogen and oxygen atoms in total. The Morgan fingerprint density at radius 2 is 1.92 bits per heavy atom. The van der Waals surface area contributed by atoms with Gasteiger partial charge in [-0.05, 0) is 68.6 Å². The number of nitrogens with one attached hydrogen (secondary N) is 2. The Hall–Kier alpha value is -3.39. The third-order valence-corrected chi connectivity index (χ3v) is 6.85. The van der Waals surface area contributed by atoms with Gasteiger partial charge in [0.1, 0.15) is 11.6 Å². The van der Waals surface area contributed by atoms with Crippen LogP contribution in [0.1, 0.15) is 49.8 Å². The summed E-state index contributed by atoms with van der Waals surface area (Å²) in [5, 5.41) is 6.59. The van der Waals surface area contributed by atoms with Crippen LogP contribution in [0.3, 0.4) is 0 Å². The summed E-state index contributed by atoms with van der Waals surface area (Å²) in [5.74, 6) is 1.46. The number of aryl methyl sites for hydroxylation is 1. The Kier molecular flexibility index (Phi) is 8.17. The third-order valence-electron chi connectivity index (χ3n) is 6.85. The van der Waals surface area contributed by atoms with E-state index in [2.05, 4.69) is 34.7 Å². The average molecular weight is 510 g/mol. The van der Waals surface area contributed by atoms with E-state index in [1.54, 1.807) is 6.20 Å². The molecule has 0 saturated carbocycles. The molecule has 2 heterocycles. The highest BCUT2D eigenvalue weighted by Crippen LogP contribution is 2.41. The van der Waals surface area contributed by atoms with Crippen molar-refractivity contribution in [1.29, 1.82) is 0 Å². The number of rotatable bonds is 9. The molecule has 0 bridgehead atoms. The van der Waals surface area contributed by atoms with E-state index < -0.39 is 11.7 Å². The molecule has 2 aromatic heterocycles. The second kappa shape index (κ2) is 11.3. The van der Waals surface area contributed by atoms with E-state index in [-0.39, 0.29) is 12.0 Å². The molecule has 0 saturated heterocycles. The minimum Gasteiger partial charge on any atom is -0.364 e. The summed E-state index contributed by atoms with van der Waals surface area (Å²) < 4.78 is 42.9. The van der Waals surface area contributed by atoms with Gasteiger partial charge in [-0.25, -0.2) is 9.97 Å². The van der Waals surface area contributed by atoms with Gasteiger partial charge in [0.25, 0.3) is 0 Å². The predicted molar refractivity (Wildman–Crippen MR) is 143 cm³/mol. The zero-order valence-corrected chi connectivity index (χ0v) is 21.7. The van der Waals surface area contributed by atoms with Gasteiger partial charge in [-0.2, -0.15) is 13.2 Å². The molecule has 2 atom stereocenters. The summed E-state index contributed by atoms with van der Waals surface area (Å²) in [6.45, 7) is 4.85. The van der Waals surface area contributed by atoms with Gasteiger partial charge in [0.15, 0.2) is 0 Å². The van der Waals surface area contributed by atoms with Gasteiger partial charge in [0.05, 0.1) is 17.0 Å². The smallest absolute Gasteiger partial charge is 0.364 e. The molecule has 0 spiro atoms. The fraction of sp³-hybridized carbons (Fsp3) is 0.379. The molecule has 3 aromatic rings. The third kappa shape index (κ3) is 6.13. The van der Waals surface area contributed by atoms with Gasteiger partial charge in [-0.3, -0.25) is 0 Å². The largest absolute Gasteiger partial charge is 0.416 e. The van der Waals surface area contributed by atoms with Crippen LogP contribution in [-0.4, -0.2) is 34.3 Å². The molecule has 0 aliphatic heterocycles. The Labute approximate surface area is 216 Å². The maximum Gasteiger partial charge on any atom is 0.416 e. The molecule has 0 amide bonds. The molecule has 196 valence electrons. The topological polar surface area (TPSA) is 54.8 Å². The number of anilines is 1. The van der Waals surface area contributed by atoms with Crippen LogP contribution in [0.4, 0.5) is 19.0 Å². The minimum atomic E-state index is -4.39. The number of hydrogen-bond acceptors (Lipinski definition) is 4. The van der Waals surface area contributed by atoms with Crippen molar-refractivity contribution in [2.75, 3.05) is 18.9 Å². The molecule has 1 aliphatic carbocycles. The van der Waals surface area contributed by atoms with Crippen LogP contribution in [0.2, 0.25) is 0 Å². The predicted octanol–water partition coefficient (Wildman–Crippen LogP) is 6.72.